The number of nitrogens with one attached hydrogen (secondary N) is 1. The molecule has 0 radical (unpaired) electrons. The molecule has 0 atom stereocenters. The van der Waals surface area contributed by atoms with Gasteiger partial charge in [-0.2, -0.15) is 0 Å². The molecule has 0 saturated carbocycles. The smallest absolute Gasteiger partial charge is 0.220 e. The van der Waals surface area contributed by atoms with Gasteiger partial charge in [0.25, 0.3) is 0 Å². The Hall–Kier alpha value is -2.31. The number of hydrogen-bond acceptors (Lipinski definition) is 4. The van der Waals surface area contributed by atoms with Gasteiger partial charge in [0.2, 0.25) is 5.91 Å². The Balaban J connectivity index is 1.38. The van der Waals surface area contributed by atoms with Crippen LogP contribution in [-0.2, 0) is 22.6 Å². The molecule has 2 aromatic rings. The summed E-state index contributed by atoms with van der Waals surface area (Å²) in [7, 11) is 0. The Morgan fingerprint density at radius 1 is 1.32 bits per heavy atom. The Morgan fingerprint density at radius 2 is 2.18 bits per heavy atom. The number of fused-ring (bicyclic) bond motifs is 1. The lowest BCUT2D eigenvalue weighted by atomic mass is 10.1. The molecule has 0 unspecified atom stereocenters. The van der Waals surface area contributed by atoms with E-state index in [1.54, 1.807) is 6.07 Å². The van der Waals surface area contributed by atoms with Crippen molar-refractivity contribution < 1.29 is 23.4 Å². The maximum atomic E-state index is 13.7. The van der Waals surface area contributed by atoms with Crippen LogP contribution in [0.1, 0.15) is 29.5 Å². The minimum absolute atomic E-state index is 0.0644. The summed E-state index contributed by atoms with van der Waals surface area (Å²) < 4.78 is 30.0. The van der Waals surface area contributed by atoms with E-state index in [2.05, 4.69) is 5.32 Å². The van der Waals surface area contributed by atoms with Gasteiger partial charge in [0.05, 0.1) is 13.2 Å². The molecule has 1 aliphatic rings. The second kappa shape index (κ2) is 9.75. The minimum Gasteiger partial charge on any atom is -0.494 e. The molecule has 3 rings (SSSR count). The molecular weight excluding hydrogens is 385 g/mol. The predicted octanol–water partition coefficient (Wildman–Crippen LogP) is 4.17. The average Bonchev–Trinajstić information content (AvgIpc) is 2.68. The van der Waals surface area contributed by atoms with Crippen molar-refractivity contribution in [3.8, 4) is 11.5 Å². The zero-order valence-corrected chi connectivity index (χ0v) is 16.5. The highest BCUT2D eigenvalue weighted by molar-refractivity contribution is 6.31. The van der Waals surface area contributed by atoms with Gasteiger partial charge >= 0.3 is 0 Å². The SMILES string of the molecule is Cc1cc(OCCCC(=O)NCCc2cc(F)cc3c2OCOC3)ccc1Cl. The predicted molar refractivity (Wildman–Crippen MR) is 104 cm³/mol. The van der Waals surface area contributed by atoms with Crippen molar-refractivity contribution in [3.05, 3.63) is 57.9 Å². The van der Waals surface area contributed by atoms with Crippen molar-refractivity contribution >= 4 is 17.5 Å². The fourth-order valence-corrected chi connectivity index (χ4v) is 3.11. The van der Waals surface area contributed by atoms with Gasteiger partial charge in [0, 0.05) is 23.6 Å². The average molecular weight is 408 g/mol. The highest BCUT2D eigenvalue weighted by Gasteiger charge is 2.16. The molecule has 1 amide bonds. The highest BCUT2D eigenvalue weighted by atomic mass is 35.5. The first-order valence-electron chi connectivity index (χ1n) is 9.20. The van der Waals surface area contributed by atoms with Crippen molar-refractivity contribution in [1.29, 1.82) is 0 Å². The Bertz CT molecular complexity index is 843. The molecular formula is C21H23ClFNO4. The van der Waals surface area contributed by atoms with Crippen LogP contribution in [0.4, 0.5) is 4.39 Å². The number of hydrogen-bond donors (Lipinski definition) is 1. The molecule has 28 heavy (non-hydrogen) atoms. The molecule has 0 aliphatic carbocycles. The van der Waals surface area contributed by atoms with E-state index >= 15 is 0 Å². The van der Waals surface area contributed by atoms with Gasteiger partial charge in [0.1, 0.15) is 17.3 Å². The first-order valence-corrected chi connectivity index (χ1v) is 9.58. The van der Waals surface area contributed by atoms with Gasteiger partial charge in [0.15, 0.2) is 6.79 Å². The van der Waals surface area contributed by atoms with Gasteiger partial charge in [-0.15, -0.1) is 0 Å². The molecule has 0 bridgehead atoms. The summed E-state index contributed by atoms with van der Waals surface area (Å²) in [5.41, 5.74) is 2.38. The molecule has 0 spiro atoms. The van der Waals surface area contributed by atoms with Gasteiger partial charge in [-0.1, -0.05) is 11.6 Å². The lowest BCUT2D eigenvalue weighted by Crippen LogP contribution is -2.26. The second-order valence-electron chi connectivity index (χ2n) is 6.63. The van der Waals surface area contributed by atoms with E-state index in [1.807, 2.05) is 19.1 Å². The highest BCUT2D eigenvalue weighted by Crippen LogP contribution is 2.29. The standard InChI is InChI=1S/C21H23ClFNO4/c1-14-9-18(4-5-19(14)22)27-8-2-3-20(25)24-7-6-15-10-17(23)11-16-12-26-13-28-21(15)16/h4-5,9-11H,2-3,6-8,12-13H2,1H3,(H,24,25). The molecule has 1 aliphatic heterocycles. The van der Waals surface area contributed by atoms with Gasteiger partial charge in [-0.25, -0.2) is 4.39 Å². The Kier molecular flexibility index (Phi) is 7.12. The quantitative estimate of drug-likeness (QED) is 0.667. The number of rotatable bonds is 8. The number of amides is 1. The third kappa shape index (κ3) is 5.59. The van der Waals surface area contributed by atoms with Crippen molar-refractivity contribution in [1.82, 2.24) is 5.32 Å². The molecule has 0 fully saturated rings. The first-order chi connectivity index (χ1) is 13.5. The van der Waals surface area contributed by atoms with E-state index in [-0.39, 0.29) is 18.5 Å². The maximum absolute atomic E-state index is 13.7. The van der Waals surface area contributed by atoms with Crippen LogP contribution in [0.25, 0.3) is 0 Å². The van der Waals surface area contributed by atoms with Gasteiger partial charge in [-0.3, -0.25) is 4.79 Å². The largest absolute Gasteiger partial charge is 0.494 e. The number of aryl methyl sites for hydroxylation is 1. The third-order valence-electron chi connectivity index (χ3n) is 4.41. The van der Waals surface area contributed by atoms with E-state index in [9.17, 15) is 9.18 Å². The summed E-state index contributed by atoms with van der Waals surface area (Å²) >= 11 is 5.98. The summed E-state index contributed by atoms with van der Waals surface area (Å²) in [6.45, 7) is 3.26. The fraction of sp³-hybridized carbons (Fsp3) is 0.381. The summed E-state index contributed by atoms with van der Waals surface area (Å²) in [5, 5.41) is 3.55. The summed E-state index contributed by atoms with van der Waals surface area (Å²) in [5.74, 6) is 1.00. The van der Waals surface area contributed by atoms with E-state index in [4.69, 9.17) is 25.8 Å². The van der Waals surface area contributed by atoms with E-state index in [0.29, 0.717) is 55.4 Å². The summed E-state index contributed by atoms with van der Waals surface area (Å²) in [4.78, 5) is 12.0. The maximum Gasteiger partial charge on any atom is 0.220 e. The van der Waals surface area contributed by atoms with Crippen LogP contribution >= 0.6 is 11.6 Å². The van der Waals surface area contributed by atoms with Gasteiger partial charge < -0.3 is 19.5 Å². The molecule has 1 N–H and O–H groups in total. The van der Waals surface area contributed by atoms with Crippen molar-refractivity contribution in [3.63, 3.8) is 0 Å². The monoisotopic (exact) mass is 407 g/mol. The second-order valence-corrected chi connectivity index (χ2v) is 7.03. The van der Waals surface area contributed by atoms with E-state index < -0.39 is 0 Å². The Labute approximate surface area is 168 Å². The lowest BCUT2D eigenvalue weighted by Gasteiger charge is -2.21. The Morgan fingerprint density at radius 3 is 3.00 bits per heavy atom. The molecule has 150 valence electrons. The van der Waals surface area contributed by atoms with Crippen LogP contribution in [-0.4, -0.2) is 25.9 Å². The van der Waals surface area contributed by atoms with Crippen LogP contribution in [0.3, 0.4) is 0 Å². The number of carbonyl (C=O) groups excluding carboxylic acids is 1. The third-order valence-corrected chi connectivity index (χ3v) is 4.84. The molecule has 0 aromatic heterocycles. The molecule has 7 heteroatoms. The van der Waals surface area contributed by atoms with Crippen molar-refractivity contribution in [2.45, 2.75) is 32.8 Å². The normalized spacial score (nSPS) is 12.8. The van der Waals surface area contributed by atoms with Crippen molar-refractivity contribution in [2.24, 2.45) is 0 Å². The van der Waals surface area contributed by atoms with E-state index in [1.165, 1.54) is 12.1 Å². The molecule has 0 saturated heterocycles. The van der Waals surface area contributed by atoms with Crippen molar-refractivity contribution in [2.75, 3.05) is 19.9 Å². The summed E-state index contributed by atoms with van der Waals surface area (Å²) in [6.07, 6.45) is 1.45. The number of benzene rings is 2. The molecule has 5 nitrogen and oxygen atoms in total. The lowest BCUT2D eigenvalue weighted by molar-refractivity contribution is -0.121. The van der Waals surface area contributed by atoms with E-state index in [0.717, 1.165) is 16.9 Å². The molecule has 2 aromatic carbocycles. The zero-order valence-electron chi connectivity index (χ0n) is 15.7. The van der Waals surface area contributed by atoms with Gasteiger partial charge in [-0.05, 0) is 61.2 Å². The topological polar surface area (TPSA) is 56.8 Å². The fourth-order valence-electron chi connectivity index (χ4n) is 3.00. The van der Waals surface area contributed by atoms with Crippen LogP contribution in [0.5, 0.6) is 11.5 Å². The summed E-state index contributed by atoms with van der Waals surface area (Å²) in [6, 6.07) is 8.33. The minimum atomic E-state index is -0.330. The molecule has 1 heterocycles. The number of halogens is 2. The number of ether oxygens (including phenoxy) is 3. The number of carbonyl (C=O) groups is 1. The van der Waals surface area contributed by atoms with Crippen LogP contribution in [0, 0.1) is 12.7 Å². The van der Waals surface area contributed by atoms with Crippen LogP contribution in [0.15, 0.2) is 30.3 Å². The van der Waals surface area contributed by atoms with Crippen LogP contribution < -0.4 is 14.8 Å². The zero-order chi connectivity index (χ0) is 19.9. The van der Waals surface area contributed by atoms with Crippen LogP contribution in [0.2, 0.25) is 5.02 Å². The first kappa shape index (κ1) is 20.4.